The summed E-state index contributed by atoms with van der Waals surface area (Å²) >= 11 is 6.08. The molecule has 0 saturated carbocycles. The molecule has 0 saturated heterocycles. The lowest BCUT2D eigenvalue weighted by molar-refractivity contribution is -0.118. The van der Waals surface area contributed by atoms with Gasteiger partial charge >= 0.3 is 0 Å². The number of para-hydroxylation sites is 1. The van der Waals surface area contributed by atoms with Crippen LogP contribution < -0.4 is 10.1 Å². The Kier molecular flexibility index (Phi) is 4.64. The summed E-state index contributed by atoms with van der Waals surface area (Å²) < 4.78 is 5.49. The zero-order valence-electron chi connectivity index (χ0n) is 11.4. The van der Waals surface area contributed by atoms with E-state index < -0.39 is 0 Å². The molecule has 2 aromatic rings. The van der Waals surface area contributed by atoms with Crippen molar-refractivity contribution in [3.05, 3.63) is 58.6 Å². The summed E-state index contributed by atoms with van der Waals surface area (Å²) in [6, 6.07) is 12.9. The van der Waals surface area contributed by atoms with Gasteiger partial charge in [0.15, 0.2) is 6.61 Å². The fraction of sp³-hybridized carbons (Fsp3) is 0.188. The molecule has 1 N–H and O–H groups in total. The van der Waals surface area contributed by atoms with Gasteiger partial charge in [-0.15, -0.1) is 0 Å². The third-order valence-corrected chi connectivity index (χ3v) is 3.43. The SMILES string of the molecule is Cc1cc(OCC(=O)Nc2ccccc2)cc(C)c1Cl. The number of nitrogens with one attached hydrogen (secondary N) is 1. The van der Waals surface area contributed by atoms with Crippen molar-refractivity contribution in [2.75, 3.05) is 11.9 Å². The molecule has 2 rings (SSSR count). The molecule has 1 amide bonds. The zero-order valence-corrected chi connectivity index (χ0v) is 12.2. The van der Waals surface area contributed by atoms with Crippen molar-refractivity contribution in [3.8, 4) is 5.75 Å². The van der Waals surface area contributed by atoms with Gasteiger partial charge in [0, 0.05) is 10.7 Å². The first-order valence-corrected chi connectivity index (χ1v) is 6.68. The maximum absolute atomic E-state index is 11.8. The first kappa shape index (κ1) is 14.4. The maximum atomic E-state index is 11.8. The average molecular weight is 290 g/mol. The minimum Gasteiger partial charge on any atom is -0.484 e. The zero-order chi connectivity index (χ0) is 14.5. The third-order valence-electron chi connectivity index (χ3n) is 2.84. The summed E-state index contributed by atoms with van der Waals surface area (Å²) in [6.45, 7) is 3.79. The Morgan fingerprint density at radius 2 is 1.75 bits per heavy atom. The number of anilines is 1. The molecule has 0 aliphatic heterocycles. The minimum absolute atomic E-state index is 0.0323. The van der Waals surface area contributed by atoms with Crippen molar-refractivity contribution in [2.24, 2.45) is 0 Å². The molecule has 0 unspecified atom stereocenters. The van der Waals surface area contributed by atoms with Gasteiger partial charge in [0.25, 0.3) is 5.91 Å². The molecule has 3 nitrogen and oxygen atoms in total. The average Bonchev–Trinajstić information content (AvgIpc) is 2.43. The molecule has 4 heteroatoms. The van der Waals surface area contributed by atoms with Crippen LogP contribution in [0, 0.1) is 13.8 Å². The maximum Gasteiger partial charge on any atom is 0.262 e. The Morgan fingerprint density at radius 1 is 1.15 bits per heavy atom. The predicted octanol–water partition coefficient (Wildman–Crippen LogP) is 3.97. The summed E-state index contributed by atoms with van der Waals surface area (Å²) in [6.07, 6.45) is 0. The molecule has 104 valence electrons. The molecule has 0 aliphatic rings. The first-order chi connectivity index (χ1) is 9.56. The van der Waals surface area contributed by atoms with E-state index in [2.05, 4.69) is 5.32 Å². The van der Waals surface area contributed by atoms with Crippen LogP contribution >= 0.6 is 11.6 Å². The van der Waals surface area contributed by atoms with Crippen molar-refractivity contribution in [3.63, 3.8) is 0 Å². The number of carbonyl (C=O) groups is 1. The van der Waals surface area contributed by atoms with Gasteiger partial charge in [-0.25, -0.2) is 0 Å². The second-order valence-electron chi connectivity index (χ2n) is 4.57. The minimum atomic E-state index is -0.193. The molecule has 2 aromatic carbocycles. The highest BCUT2D eigenvalue weighted by atomic mass is 35.5. The Hall–Kier alpha value is -2.00. The fourth-order valence-corrected chi connectivity index (χ4v) is 1.97. The number of rotatable bonds is 4. The molecule has 0 aliphatic carbocycles. The number of amides is 1. The van der Waals surface area contributed by atoms with E-state index in [1.807, 2.05) is 56.3 Å². The molecule has 0 fully saturated rings. The summed E-state index contributed by atoms with van der Waals surface area (Å²) in [7, 11) is 0. The predicted molar refractivity (Wildman–Crippen MR) is 81.5 cm³/mol. The lowest BCUT2D eigenvalue weighted by atomic mass is 10.1. The summed E-state index contributed by atoms with van der Waals surface area (Å²) in [5.74, 6) is 0.453. The van der Waals surface area contributed by atoms with Gasteiger partial charge in [0.1, 0.15) is 5.75 Å². The van der Waals surface area contributed by atoms with Crippen molar-refractivity contribution in [1.82, 2.24) is 0 Å². The van der Waals surface area contributed by atoms with Crippen LogP contribution in [0.4, 0.5) is 5.69 Å². The van der Waals surface area contributed by atoms with E-state index >= 15 is 0 Å². The smallest absolute Gasteiger partial charge is 0.262 e. The van der Waals surface area contributed by atoms with Gasteiger partial charge in [-0.2, -0.15) is 0 Å². The molecular weight excluding hydrogens is 274 g/mol. The van der Waals surface area contributed by atoms with E-state index in [9.17, 15) is 4.79 Å². The lowest BCUT2D eigenvalue weighted by Crippen LogP contribution is -2.20. The van der Waals surface area contributed by atoms with Gasteiger partial charge in [0.05, 0.1) is 0 Å². The largest absolute Gasteiger partial charge is 0.484 e. The summed E-state index contributed by atoms with van der Waals surface area (Å²) in [5.41, 5.74) is 2.62. The fourth-order valence-electron chi connectivity index (χ4n) is 1.86. The second kappa shape index (κ2) is 6.44. The molecular formula is C16H16ClNO2. The van der Waals surface area contributed by atoms with E-state index in [1.54, 1.807) is 0 Å². The number of hydrogen-bond donors (Lipinski definition) is 1. The highest BCUT2D eigenvalue weighted by Crippen LogP contribution is 2.25. The number of ether oxygens (including phenoxy) is 1. The Morgan fingerprint density at radius 3 is 2.35 bits per heavy atom. The number of carbonyl (C=O) groups excluding carboxylic acids is 1. The van der Waals surface area contributed by atoms with Crippen molar-refractivity contribution >= 4 is 23.2 Å². The standard InChI is InChI=1S/C16H16ClNO2/c1-11-8-14(9-12(2)16(11)17)20-10-15(19)18-13-6-4-3-5-7-13/h3-9H,10H2,1-2H3,(H,18,19). The highest BCUT2D eigenvalue weighted by Gasteiger charge is 2.06. The number of halogens is 1. The lowest BCUT2D eigenvalue weighted by Gasteiger charge is -2.10. The summed E-state index contributed by atoms with van der Waals surface area (Å²) in [5, 5.41) is 3.49. The third kappa shape index (κ3) is 3.75. The van der Waals surface area contributed by atoms with Crippen LogP contribution in [0.5, 0.6) is 5.75 Å². The Balaban J connectivity index is 1.94. The van der Waals surface area contributed by atoms with Crippen LogP contribution in [0.1, 0.15) is 11.1 Å². The van der Waals surface area contributed by atoms with Crippen LogP contribution in [0.2, 0.25) is 5.02 Å². The topological polar surface area (TPSA) is 38.3 Å². The van der Waals surface area contributed by atoms with Gasteiger partial charge in [0.2, 0.25) is 0 Å². The Labute approximate surface area is 123 Å². The van der Waals surface area contributed by atoms with Crippen LogP contribution in [0.15, 0.2) is 42.5 Å². The number of aryl methyl sites for hydroxylation is 2. The van der Waals surface area contributed by atoms with E-state index in [4.69, 9.17) is 16.3 Å². The first-order valence-electron chi connectivity index (χ1n) is 6.30. The molecule has 0 heterocycles. The quantitative estimate of drug-likeness (QED) is 0.925. The van der Waals surface area contributed by atoms with Crippen LogP contribution in [0.3, 0.4) is 0 Å². The van der Waals surface area contributed by atoms with E-state index in [1.165, 1.54) is 0 Å². The normalized spacial score (nSPS) is 10.2. The van der Waals surface area contributed by atoms with E-state index in [-0.39, 0.29) is 12.5 Å². The summed E-state index contributed by atoms with van der Waals surface area (Å²) in [4.78, 5) is 11.8. The van der Waals surface area contributed by atoms with Gasteiger partial charge in [-0.1, -0.05) is 29.8 Å². The van der Waals surface area contributed by atoms with E-state index in [0.29, 0.717) is 5.75 Å². The van der Waals surface area contributed by atoms with Gasteiger partial charge in [-0.05, 0) is 49.2 Å². The van der Waals surface area contributed by atoms with Crippen LogP contribution in [-0.4, -0.2) is 12.5 Å². The van der Waals surface area contributed by atoms with Gasteiger partial charge in [-0.3, -0.25) is 4.79 Å². The number of hydrogen-bond acceptors (Lipinski definition) is 2. The van der Waals surface area contributed by atoms with Crippen molar-refractivity contribution in [1.29, 1.82) is 0 Å². The monoisotopic (exact) mass is 289 g/mol. The molecule has 0 atom stereocenters. The molecule has 0 radical (unpaired) electrons. The van der Waals surface area contributed by atoms with E-state index in [0.717, 1.165) is 21.8 Å². The van der Waals surface area contributed by atoms with Crippen LogP contribution in [0.25, 0.3) is 0 Å². The number of benzene rings is 2. The molecule has 0 spiro atoms. The van der Waals surface area contributed by atoms with Crippen LogP contribution in [-0.2, 0) is 4.79 Å². The molecule has 20 heavy (non-hydrogen) atoms. The van der Waals surface area contributed by atoms with Gasteiger partial charge < -0.3 is 10.1 Å². The molecule has 0 aromatic heterocycles. The second-order valence-corrected chi connectivity index (χ2v) is 4.95. The van der Waals surface area contributed by atoms with Crippen molar-refractivity contribution < 1.29 is 9.53 Å². The molecule has 0 bridgehead atoms. The Bertz CT molecular complexity index is 588. The highest BCUT2D eigenvalue weighted by molar-refractivity contribution is 6.32. The van der Waals surface area contributed by atoms with Crippen molar-refractivity contribution in [2.45, 2.75) is 13.8 Å².